The standard InChI is InChI=1S/C27H25N5O3/c1-3-35-26(34)24-18(2)31(27-28-17-29-32(27)25(24)20-10-5-4-6-11-20)16-23(33)30-22-14-13-19-9-7-8-12-21(19)15-22/h4-15,17,25H,3,16H2,1-2H3,(H,30,33)/t25-/m0/s1. The van der Waals surface area contributed by atoms with E-state index >= 15 is 0 Å². The summed E-state index contributed by atoms with van der Waals surface area (Å²) in [5.41, 5.74) is 2.60. The van der Waals surface area contributed by atoms with Gasteiger partial charge in [-0.05, 0) is 42.3 Å². The molecule has 1 aromatic heterocycles. The Bertz CT molecular complexity index is 1430. The van der Waals surface area contributed by atoms with E-state index in [0.717, 1.165) is 16.3 Å². The van der Waals surface area contributed by atoms with Crippen molar-refractivity contribution in [1.82, 2.24) is 14.8 Å². The van der Waals surface area contributed by atoms with Gasteiger partial charge >= 0.3 is 5.97 Å². The third-order valence-electron chi connectivity index (χ3n) is 6.05. The number of ether oxygens (including phenoxy) is 1. The average molecular weight is 468 g/mol. The molecule has 8 heteroatoms. The van der Waals surface area contributed by atoms with Gasteiger partial charge in [-0.1, -0.05) is 60.7 Å². The maximum absolute atomic E-state index is 13.1. The molecule has 3 aromatic carbocycles. The number of rotatable bonds is 6. The van der Waals surface area contributed by atoms with Gasteiger partial charge in [-0.3, -0.25) is 4.79 Å². The number of amides is 1. The molecule has 0 radical (unpaired) electrons. The number of esters is 1. The fraction of sp³-hybridized carbons (Fsp3) is 0.185. The molecule has 0 unspecified atom stereocenters. The van der Waals surface area contributed by atoms with Crippen molar-refractivity contribution < 1.29 is 14.3 Å². The van der Waals surface area contributed by atoms with Crippen molar-refractivity contribution in [2.45, 2.75) is 19.9 Å². The summed E-state index contributed by atoms with van der Waals surface area (Å²) in [6.45, 7) is 3.78. The molecule has 0 bridgehead atoms. The number of carbonyl (C=O) groups excluding carboxylic acids is 2. The minimum Gasteiger partial charge on any atom is -0.463 e. The molecular formula is C27H25N5O3. The van der Waals surface area contributed by atoms with Crippen molar-refractivity contribution in [1.29, 1.82) is 0 Å². The van der Waals surface area contributed by atoms with Gasteiger partial charge in [0.15, 0.2) is 0 Å². The number of benzene rings is 3. The lowest BCUT2D eigenvalue weighted by Gasteiger charge is -2.35. The van der Waals surface area contributed by atoms with Crippen molar-refractivity contribution >= 4 is 34.3 Å². The van der Waals surface area contributed by atoms with Crippen LogP contribution in [0.2, 0.25) is 0 Å². The molecule has 8 nitrogen and oxygen atoms in total. The van der Waals surface area contributed by atoms with Crippen LogP contribution in [0.1, 0.15) is 25.5 Å². The van der Waals surface area contributed by atoms with Crippen LogP contribution in [0.25, 0.3) is 10.8 Å². The highest BCUT2D eigenvalue weighted by atomic mass is 16.5. The molecule has 4 aromatic rings. The van der Waals surface area contributed by atoms with Crippen molar-refractivity contribution in [2.24, 2.45) is 0 Å². The molecule has 0 saturated carbocycles. The zero-order valence-electron chi connectivity index (χ0n) is 19.5. The van der Waals surface area contributed by atoms with Gasteiger partial charge in [0.1, 0.15) is 18.9 Å². The number of hydrogen-bond acceptors (Lipinski definition) is 6. The Balaban J connectivity index is 1.48. The molecule has 35 heavy (non-hydrogen) atoms. The van der Waals surface area contributed by atoms with Crippen LogP contribution in [0.15, 0.2) is 90.4 Å². The zero-order valence-corrected chi connectivity index (χ0v) is 19.5. The fourth-order valence-corrected chi connectivity index (χ4v) is 4.45. The van der Waals surface area contributed by atoms with Crippen LogP contribution in [0.4, 0.5) is 11.6 Å². The molecule has 1 amide bonds. The van der Waals surface area contributed by atoms with Crippen LogP contribution >= 0.6 is 0 Å². The van der Waals surface area contributed by atoms with Crippen LogP contribution in [0.5, 0.6) is 0 Å². The van der Waals surface area contributed by atoms with Gasteiger partial charge in [0.2, 0.25) is 11.9 Å². The van der Waals surface area contributed by atoms with Gasteiger partial charge in [0, 0.05) is 11.4 Å². The lowest BCUT2D eigenvalue weighted by atomic mass is 9.95. The van der Waals surface area contributed by atoms with E-state index in [2.05, 4.69) is 15.4 Å². The SMILES string of the molecule is CCOC(=O)C1=C(C)N(CC(=O)Nc2ccc3ccccc3c2)c2ncnn2[C@H]1c1ccccc1. The van der Waals surface area contributed by atoms with Crippen molar-refractivity contribution in [3.8, 4) is 0 Å². The Labute approximate surface area is 202 Å². The Kier molecular flexibility index (Phi) is 6.01. The second kappa shape index (κ2) is 9.42. The zero-order chi connectivity index (χ0) is 24.4. The Morgan fingerprint density at radius 3 is 2.51 bits per heavy atom. The summed E-state index contributed by atoms with van der Waals surface area (Å²) in [6.07, 6.45) is 1.43. The first kappa shape index (κ1) is 22.3. The summed E-state index contributed by atoms with van der Waals surface area (Å²) < 4.78 is 7.06. The number of nitrogens with one attached hydrogen (secondary N) is 1. The molecule has 1 aliphatic heterocycles. The predicted octanol–water partition coefficient (Wildman–Crippen LogP) is 4.32. The minimum atomic E-state index is -0.507. The highest BCUT2D eigenvalue weighted by Gasteiger charge is 2.38. The lowest BCUT2D eigenvalue weighted by Crippen LogP contribution is -2.40. The molecule has 176 valence electrons. The maximum Gasteiger partial charge on any atom is 0.338 e. The van der Waals surface area contributed by atoms with E-state index in [-0.39, 0.29) is 19.1 Å². The van der Waals surface area contributed by atoms with Crippen LogP contribution in [0.3, 0.4) is 0 Å². The summed E-state index contributed by atoms with van der Waals surface area (Å²) in [5.74, 6) is -0.200. The molecule has 2 heterocycles. The lowest BCUT2D eigenvalue weighted by molar-refractivity contribution is -0.139. The quantitative estimate of drug-likeness (QED) is 0.425. The third kappa shape index (κ3) is 4.26. The third-order valence-corrected chi connectivity index (χ3v) is 6.05. The van der Waals surface area contributed by atoms with E-state index in [1.54, 1.807) is 16.5 Å². The number of allylic oxidation sites excluding steroid dienone is 1. The van der Waals surface area contributed by atoms with Gasteiger partial charge < -0.3 is 15.0 Å². The van der Waals surface area contributed by atoms with Crippen molar-refractivity contribution in [2.75, 3.05) is 23.4 Å². The molecule has 0 spiro atoms. The largest absolute Gasteiger partial charge is 0.463 e. The van der Waals surface area contributed by atoms with Gasteiger partial charge in [0.05, 0.1) is 12.2 Å². The van der Waals surface area contributed by atoms with Gasteiger partial charge in [0.25, 0.3) is 0 Å². The number of anilines is 2. The Morgan fingerprint density at radius 1 is 1.00 bits per heavy atom. The number of aromatic nitrogens is 3. The van der Waals surface area contributed by atoms with Crippen LogP contribution in [-0.4, -0.2) is 39.8 Å². The van der Waals surface area contributed by atoms with E-state index < -0.39 is 12.0 Å². The predicted molar refractivity (Wildman–Crippen MR) is 134 cm³/mol. The van der Waals surface area contributed by atoms with E-state index in [9.17, 15) is 9.59 Å². The van der Waals surface area contributed by atoms with Crippen molar-refractivity contribution in [3.05, 3.63) is 96.0 Å². The molecule has 0 aliphatic carbocycles. The summed E-state index contributed by atoms with van der Waals surface area (Å²) >= 11 is 0. The Hall–Kier alpha value is -4.46. The van der Waals surface area contributed by atoms with Gasteiger partial charge in [-0.2, -0.15) is 10.1 Å². The van der Waals surface area contributed by atoms with Crippen LogP contribution in [-0.2, 0) is 14.3 Å². The fourth-order valence-electron chi connectivity index (χ4n) is 4.45. The first-order valence-corrected chi connectivity index (χ1v) is 11.5. The van der Waals surface area contributed by atoms with E-state index in [0.29, 0.717) is 22.9 Å². The van der Waals surface area contributed by atoms with E-state index in [4.69, 9.17) is 4.74 Å². The van der Waals surface area contributed by atoms with E-state index in [1.807, 2.05) is 79.7 Å². The van der Waals surface area contributed by atoms with Crippen LogP contribution in [0, 0.1) is 0 Å². The topological polar surface area (TPSA) is 89.3 Å². The van der Waals surface area contributed by atoms with Crippen LogP contribution < -0.4 is 10.2 Å². The number of hydrogen-bond donors (Lipinski definition) is 1. The number of carbonyl (C=O) groups is 2. The summed E-state index contributed by atoms with van der Waals surface area (Å²) in [7, 11) is 0. The molecule has 0 saturated heterocycles. The second-order valence-corrected chi connectivity index (χ2v) is 8.23. The monoisotopic (exact) mass is 467 g/mol. The molecule has 0 fully saturated rings. The smallest absolute Gasteiger partial charge is 0.338 e. The first-order chi connectivity index (χ1) is 17.1. The Morgan fingerprint density at radius 2 is 1.74 bits per heavy atom. The minimum absolute atomic E-state index is 0.0399. The highest BCUT2D eigenvalue weighted by molar-refractivity contribution is 5.98. The normalized spacial score (nSPS) is 15.1. The van der Waals surface area contributed by atoms with Gasteiger partial charge in [-0.15, -0.1) is 0 Å². The highest BCUT2D eigenvalue weighted by Crippen LogP contribution is 2.38. The molecule has 1 N–H and O–H groups in total. The average Bonchev–Trinajstić information content (AvgIpc) is 3.35. The summed E-state index contributed by atoms with van der Waals surface area (Å²) in [6, 6.07) is 22.8. The molecule has 1 atom stereocenters. The van der Waals surface area contributed by atoms with Gasteiger partial charge in [-0.25, -0.2) is 9.48 Å². The number of fused-ring (bicyclic) bond motifs is 2. The molecule has 1 aliphatic rings. The number of nitrogens with zero attached hydrogens (tertiary/aromatic N) is 4. The summed E-state index contributed by atoms with van der Waals surface area (Å²) in [5, 5.41) is 9.50. The molecular weight excluding hydrogens is 442 g/mol. The second-order valence-electron chi connectivity index (χ2n) is 8.23. The van der Waals surface area contributed by atoms with E-state index in [1.165, 1.54) is 6.33 Å². The molecule has 5 rings (SSSR count). The van der Waals surface area contributed by atoms with Crippen molar-refractivity contribution in [3.63, 3.8) is 0 Å². The summed E-state index contributed by atoms with van der Waals surface area (Å²) in [4.78, 5) is 32.3. The maximum atomic E-state index is 13.1. The first-order valence-electron chi connectivity index (χ1n) is 11.5.